The van der Waals surface area contributed by atoms with Crippen LogP contribution in [0.3, 0.4) is 0 Å². The summed E-state index contributed by atoms with van der Waals surface area (Å²) < 4.78 is 4.78. The van der Waals surface area contributed by atoms with Crippen molar-refractivity contribution in [2.24, 2.45) is 0 Å². The maximum absolute atomic E-state index is 13.0. The molecular formula is C22H23N7O2. The van der Waals surface area contributed by atoms with Crippen molar-refractivity contribution in [2.75, 3.05) is 13.1 Å². The maximum Gasteiger partial charge on any atom is 0.351 e. The lowest BCUT2D eigenvalue weighted by Gasteiger charge is -2.34. The maximum atomic E-state index is 13.0. The van der Waals surface area contributed by atoms with Crippen molar-refractivity contribution in [3.63, 3.8) is 0 Å². The summed E-state index contributed by atoms with van der Waals surface area (Å²) in [6, 6.07) is 14.7. The van der Waals surface area contributed by atoms with Crippen LogP contribution < -0.4 is 11.0 Å². The first-order chi connectivity index (χ1) is 15.0. The van der Waals surface area contributed by atoms with E-state index < -0.39 is 6.04 Å². The number of benzene rings is 1. The van der Waals surface area contributed by atoms with Gasteiger partial charge < -0.3 is 5.32 Å². The van der Waals surface area contributed by atoms with Crippen molar-refractivity contribution < 1.29 is 4.79 Å². The summed E-state index contributed by atoms with van der Waals surface area (Å²) in [6.07, 6.45) is 1.69. The largest absolute Gasteiger partial charge is 0.353 e. The van der Waals surface area contributed by atoms with Gasteiger partial charge in [0.1, 0.15) is 6.04 Å². The van der Waals surface area contributed by atoms with Gasteiger partial charge in [0.05, 0.1) is 18.1 Å². The standard InChI is InChI=1S/C22H23N7O2/c1-15-19(16(2)29(24-15)17-8-4-3-5-9-17)20-21(30)23-11-13-26(20)14-28-22(31)27-12-7-6-10-18(27)25-28/h3-10,12,20H,11,13-14H2,1-2H3,(H,23,30)/t20-/m1/s1. The van der Waals surface area contributed by atoms with E-state index in [0.29, 0.717) is 18.7 Å². The van der Waals surface area contributed by atoms with Gasteiger partial charge in [0.2, 0.25) is 5.91 Å². The van der Waals surface area contributed by atoms with Crippen molar-refractivity contribution in [1.29, 1.82) is 0 Å². The van der Waals surface area contributed by atoms with Gasteiger partial charge in [0.25, 0.3) is 0 Å². The summed E-state index contributed by atoms with van der Waals surface area (Å²) in [5.41, 5.74) is 3.84. The summed E-state index contributed by atoms with van der Waals surface area (Å²) in [4.78, 5) is 27.8. The molecule has 1 aliphatic heterocycles. The molecule has 0 unspecified atom stereocenters. The molecule has 1 aromatic carbocycles. The van der Waals surface area contributed by atoms with Crippen molar-refractivity contribution in [1.82, 2.24) is 34.2 Å². The van der Waals surface area contributed by atoms with Crippen LogP contribution in [-0.4, -0.2) is 47.9 Å². The van der Waals surface area contributed by atoms with Gasteiger partial charge >= 0.3 is 5.69 Å². The Hall–Kier alpha value is -3.72. The molecule has 0 bridgehead atoms. The highest BCUT2D eigenvalue weighted by Gasteiger charge is 2.36. The minimum Gasteiger partial charge on any atom is -0.353 e. The van der Waals surface area contributed by atoms with Crippen molar-refractivity contribution in [3.8, 4) is 5.69 Å². The SMILES string of the molecule is Cc1nn(-c2ccccc2)c(C)c1[C@@H]1C(=O)NCCN1Cn1nc2ccccn2c1=O. The predicted molar refractivity (Wildman–Crippen MR) is 115 cm³/mol. The lowest BCUT2D eigenvalue weighted by molar-refractivity contribution is -0.130. The van der Waals surface area contributed by atoms with Crippen molar-refractivity contribution in [3.05, 3.63) is 82.2 Å². The molecule has 3 aromatic heterocycles. The number of para-hydroxylation sites is 1. The molecule has 1 fully saturated rings. The third kappa shape index (κ3) is 3.23. The molecule has 4 heterocycles. The van der Waals surface area contributed by atoms with Crippen LogP contribution >= 0.6 is 0 Å². The van der Waals surface area contributed by atoms with Gasteiger partial charge in [-0.05, 0) is 38.1 Å². The fourth-order valence-electron chi connectivity index (χ4n) is 4.28. The Bertz CT molecular complexity index is 1320. The molecule has 0 spiro atoms. The number of hydrogen-bond donors (Lipinski definition) is 1. The summed E-state index contributed by atoms with van der Waals surface area (Å²) >= 11 is 0. The zero-order valence-electron chi connectivity index (χ0n) is 17.4. The molecule has 1 amide bonds. The summed E-state index contributed by atoms with van der Waals surface area (Å²) in [7, 11) is 0. The first-order valence-corrected chi connectivity index (χ1v) is 10.2. The van der Waals surface area contributed by atoms with E-state index in [4.69, 9.17) is 5.10 Å². The lowest BCUT2D eigenvalue weighted by Crippen LogP contribution is -2.51. The van der Waals surface area contributed by atoms with Gasteiger partial charge in [-0.3, -0.25) is 14.1 Å². The van der Waals surface area contributed by atoms with E-state index in [-0.39, 0.29) is 18.3 Å². The van der Waals surface area contributed by atoms with Gasteiger partial charge in [-0.1, -0.05) is 24.3 Å². The molecule has 0 saturated carbocycles. The smallest absolute Gasteiger partial charge is 0.351 e. The molecule has 9 nitrogen and oxygen atoms in total. The van der Waals surface area contributed by atoms with Crippen LogP contribution in [0.1, 0.15) is 23.0 Å². The number of carbonyl (C=O) groups excluding carboxylic acids is 1. The fourth-order valence-corrected chi connectivity index (χ4v) is 4.28. The van der Waals surface area contributed by atoms with E-state index >= 15 is 0 Å². The number of carbonyl (C=O) groups is 1. The van der Waals surface area contributed by atoms with E-state index in [2.05, 4.69) is 10.4 Å². The second-order valence-corrected chi connectivity index (χ2v) is 7.69. The Labute approximate surface area is 178 Å². The number of nitrogens with one attached hydrogen (secondary N) is 1. The Morgan fingerprint density at radius 2 is 1.81 bits per heavy atom. The molecule has 158 valence electrons. The van der Waals surface area contributed by atoms with Gasteiger partial charge in [-0.15, -0.1) is 5.10 Å². The number of amides is 1. The number of fused-ring (bicyclic) bond motifs is 1. The van der Waals surface area contributed by atoms with Crippen molar-refractivity contribution >= 4 is 11.6 Å². The van der Waals surface area contributed by atoms with E-state index in [9.17, 15) is 9.59 Å². The second kappa shape index (κ2) is 7.51. The molecule has 9 heteroatoms. The van der Waals surface area contributed by atoms with Gasteiger partial charge in [-0.25, -0.2) is 9.48 Å². The monoisotopic (exact) mass is 417 g/mol. The number of nitrogens with zero attached hydrogens (tertiary/aromatic N) is 6. The Kier molecular flexibility index (Phi) is 4.67. The van der Waals surface area contributed by atoms with Gasteiger partial charge in [-0.2, -0.15) is 9.78 Å². The minimum atomic E-state index is -0.553. The fraction of sp³-hybridized carbons (Fsp3) is 0.273. The molecule has 31 heavy (non-hydrogen) atoms. The third-order valence-corrected chi connectivity index (χ3v) is 5.74. The van der Waals surface area contributed by atoms with Crippen LogP contribution in [0.15, 0.2) is 59.5 Å². The van der Waals surface area contributed by atoms with Crippen LogP contribution in [0.4, 0.5) is 0 Å². The highest BCUT2D eigenvalue weighted by Crippen LogP contribution is 2.30. The summed E-state index contributed by atoms with van der Waals surface area (Å²) in [5, 5.41) is 12.1. The number of pyridine rings is 1. The Morgan fingerprint density at radius 1 is 1.03 bits per heavy atom. The van der Waals surface area contributed by atoms with E-state index in [0.717, 1.165) is 22.6 Å². The average Bonchev–Trinajstić information content (AvgIpc) is 3.25. The Morgan fingerprint density at radius 3 is 2.58 bits per heavy atom. The van der Waals surface area contributed by atoms with Crippen LogP contribution in [0, 0.1) is 13.8 Å². The highest BCUT2D eigenvalue weighted by atomic mass is 16.2. The predicted octanol–water partition coefficient (Wildman–Crippen LogP) is 1.43. The molecule has 0 aliphatic carbocycles. The normalized spacial score (nSPS) is 17.2. The first kappa shape index (κ1) is 19.3. The van der Waals surface area contributed by atoms with E-state index in [1.807, 2.05) is 59.8 Å². The van der Waals surface area contributed by atoms with E-state index in [1.54, 1.807) is 18.3 Å². The molecule has 1 saturated heterocycles. The van der Waals surface area contributed by atoms with Gasteiger partial charge in [0, 0.05) is 30.5 Å². The molecule has 4 aromatic rings. The molecule has 1 aliphatic rings. The van der Waals surface area contributed by atoms with Crippen LogP contribution in [0.5, 0.6) is 0 Å². The van der Waals surface area contributed by atoms with Crippen LogP contribution in [0.25, 0.3) is 11.3 Å². The molecule has 5 rings (SSSR count). The highest BCUT2D eigenvalue weighted by molar-refractivity contribution is 5.84. The quantitative estimate of drug-likeness (QED) is 0.543. The number of piperazine rings is 1. The molecular weight excluding hydrogens is 394 g/mol. The minimum absolute atomic E-state index is 0.0955. The Balaban J connectivity index is 1.55. The zero-order valence-corrected chi connectivity index (χ0v) is 17.4. The first-order valence-electron chi connectivity index (χ1n) is 10.2. The number of rotatable bonds is 4. The topological polar surface area (TPSA) is 89.5 Å². The number of aromatic nitrogens is 5. The molecule has 1 atom stereocenters. The third-order valence-electron chi connectivity index (χ3n) is 5.74. The number of hydrogen-bond acceptors (Lipinski definition) is 5. The second-order valence-electron chi connectivity index (χ2n) is 7.69. The van der Waals surface area contributed by atoms with Crippen LogP contribution in [0.2, 0.25) is 0 Å². The summed E-state index contributed by atoms with van der Waals surface area (Å²) in [6.45, 7) is 5.22. The van der Waals surface area contributed by atoms with E-state index in [1.165, 1.54) is 9.08 Å². The van der Waals surface area contributed by atoms with Gasteiger partial charge in [0.15, 0.2) is 5.65 Å². The molecule has 1 N–H and O–H groups in total. The average molecular weight is 417 g/mol. The zero-order chi connectivity index (χ0) is 21.5. The van der Waals surface area contributed by atoms with Crippen molar-refractivity contribution in [2.45, 2.75) is 26.6 Å². The summed E-state index contributed by atoms with van der Waals surface area (Å²) in [5.74, 6) is -0.0955. The number of aryl methyl sites for hydroxylation is 1. The van der Waals surface area contributed by atoms with Crippen LogP contribution in [-0.2, 0) is 11.5 Å². The lowest BCUT2D eigenvalue weighted by atomic mass is 10.0. The molecule has 0 radical (unpaired) electrons.